The molecule has 0 unspecified atom stereocenters. The molecular weight excluding hydrogens is 366 g/mol. The first kappa shape index (κ1) is 20.4. The average molecular weight is 393 g/mol. The Morgan fingerprint density at radius 2 is 1.97 bits per heavy atom. The van der Waals surface area contributed by atoms with E-state index in [1.54, 1.807) is 12.5 Å². The molecule has 0 saturated carbocycles. The van der Waals surface area contributed by atoms with Crippen molar-refractivity contribution in [1.29, 1.82) is 0 Å². The summed E-state index contributed by atoms with van der Waals surface area (Å²) in [6.45, 7) is 6.47. The summed E-state index contributed by atoms with van der Waals surface area (Å²) in [5.74, 6) is 1.94. The molecule has 3 aromatic rings. The molecule has 0 aliphatic heterocycles. The van der Waals surface area contributed by atoms with Crippen molar-refractivity contribution in [3.63, 3.8) is 0 Å². The smallest absolute Gasteiger partial charge is 0.226 e. The normalized spacial score (nSPS) is 11.3. The van der Waals surface area contributed by atoms with E-state index < -0.39 is 0 Å². The van der Waals surface area contributed by atoms with E-state index in [0.717, 1.165) is 29.8 Å². The Morgan fingerprint density at radius 3 is 2.76 bits per heavy atom. The summed E-state index contributed by atoms with van der Waals surface area (Å²) in [5.41, 5.74) is 2.71. The Morgan fingerprint density at radius 1 is 1.10 bits per heavy atom. The van der Waals surface area contributed by atoms with Crippen molar-refractivity contribution in [1.82, 2.24) is 20.6 Å². The zero-order valence-electron chi connectivity index (χ0n) is 16.9. The topological polar surface area (TPSA) is 84.6 Å². The summed E-state index contributed by atoms with van der Waals surface area (Å²) in [4.78, 5) is 13.5. The van der Waals surface area contributed by atoms with Gasteiger partial charge in [0.15, 0.2) is 5.96 Å². The first-order chi connectivity index (χ1) is 14.3. The lowest BCUT2D eigenvalue weighted by Crippen LogP contribution is -2.36. The standard InChI is InChI=1S/C22H27N5O2/c1-3-13-28-20-18(11-8-12-24-20)14-25-22(23-4-2)26-15-19-16-29-21(27-19)17-9-6-5-7-10-17/h5-12,16H,3-4,13-15H2,1-2H3,(H2,23,25,26). The van der Waals surface area contributed by atoms with Gasteiger partial charge in [0.1, 0.15) is 6.26 Å². The maximum absolute atomic E-state index is 5.71. The summed E-state index contributed by atoms with van der Waals surface area (Å²) < 4.78 is 11.3. The van der Waals surface area contributed by atoms with Gasteiger partial charge in [-0.3, -0.25) is 0 Å². The highest BCUT2D eigenvalue weighted by molar-refractivity contribution is 5.79. The fourth-order valence-electron chi connectivity index (χ4n) is 2.65. The number of nitrogens with zero attached hydrogens (tertiary/aromatic N) is 3. The highest BCUT2D eigenvalue weighted by Crippen LogP contribution is 2.18. The highest BCUT2D eigenvalue weighted by Gasteiger charge is 2.08. The summed E-state index contributed by atoms with van der Waals surface area (Å²) in [6.07, 6.45) is 4.33. The molecule has 152 valence electrons. The lowest BCUT2D eigenvalue weighted by Gasteiger charge is -2.11. The lowest BCUT2D eigenvalue weighted by molar-refractivity contribution is 0.302. The molecule has 2 aromatic heterocycles. The van der Waals surface area contributed by atoms with Crippen molar-refractivity contribution in [2.45, 2.75) is 33.4 Å². The number of guanidine groups is 1. The van der Waals surface area contributed by atoms with Gasteiger partial charge in [-0.05, 0) is 31.5 Å². The van der Waals surface area contributed by atoms with Crippen LogP contribution in [-0.4, -0.2) is 29.1 Å². The number of aromatic nitrogens is 2. The number of aliphatic imine (C=N–C) groups is 1. The van der Waals surface area contributed by atoms with E-state index in [1.807, 2.05) is 49.4 Å². The van der Waals surface area contributed by atoms with Crippen LogP contribution in [0, 0.1) is 0 Å². The molecular formula is C22H27N5O2. The zero-order chi connectivity index (χ0) is 20.3. The van der Waals surface area contributed by atoms with Crippen LogP contribution in [0.4, 0.5) is 0 Å². The number of hydrogen-bond donors (Lipinski definition) is 2. The minimum atomic E-state index is 0.469. The van der Waals surface area contributed by atoms with Gasteiger partial charge in [-0.15, -0.1) is 0 Å². The molecule has 0 saturated heterocycles. The molecule has 2 heterocycles. The third-order valence-corrected chi connectivity index (χ3v) is 4.05. The van der Waals surface area contributed by atoms with Crippen molar-refractivity contribution >= 4 is 5.96 Å². The number of benzene rings is 1. The first-order valence-corrected chi connectivity index (χ1v) is 9.88. The molecule has 0 aliphatic rings. The Labute approximate surface area is 171 Å². The molecule has 0 atom stereocenters. The number of pyridine rings is 1. The van der Waals surface area contributed by atoms with E-state index >= 15 is 0 Å². The van der Waals surface area contributed by atoms with Crippen molar-refractivity contribution in [3.8, 4) is 17.3 Å². The second-order valence-corrected chi connectivity index (χ2v) is 6.37. The maximum Gasteiger partial charge on any atom is 0.226 e. The van der Waals surface area contributed by atoms with Gasteiger partial charge in [-0.25, -0.2) is 15.0 Å². The largest absolute Gasteiger partial charge is 0.477 e. The van der Waals surface area contributed by atoms with E-state index in [0.29, 0.717) is 37.4 Å². The maximum atomic E-state index is 5.71. The number of hydrogen-bond acceptors (Lipinski definition) is 5. The van der Waals surface area contributed by atoms with Gasteiger partial charge in [0, 0.05) is 23.9 Å². The highest BCUT2D eigenvalue weighted by atomic mass is 16.5. The van der Waals surface area contributed by atoms with E-state index in [1.165, 1.54) is 0 Å². The second-order valence-electron chi connectivity index (χ2n) is 6.37. The molecule has 0 amide bonds. The average Bonchev–Trinajstić information content (AvgIpc) is 3.24. The Kier molecular flexibility index (Phi) is 7.63. The van der Waals surface area contributed by atoms with Crippen LogP contribution in [0.15, 0.2) is 64.3 Å². The van der Waals surface area contributed by atoms with E-state index in [2.05, 4.69) is 32.5 Å². The molecule has 7 heteroatoms. The van der Waals surface area contributed by atoms with E-state index in [4.69, 9.17) is 9.15 Å². The van der Waals surface area contributed by atoms with Crippen molar-refractivity contribution < 1.29 is 9.15 Å². The molecule has 29 heavy (non-hydrogen) atoms. The predicted octanol–water partition coefficient (Wildman–Crippen LogP) is 3.78. The molecule has 3 rings (SSSR count). The summed E-state index contributed by atoms with van der Waals surface area (Å²) >= 11 is 0. The van der Waals surface area contributed by atoms with Gasteiger partial charge in [0.05, 0.1) is 25.4 Å². The molecule has 0 spiro atoms. The van der Waals surface area contributed by atoms with Crippen LogP contribution in [0.25, 0.3) is 11.5 Å². The van der Waals surface area contributed by atoms with Crippen molar-refractivity contribution in [3.05, 3.63) is 66.2 Å². The predicted molar refractivity (Wildman–Crippen MR) is 114 cm³/mol. The molecule has 0 radical (unpaired) electrons. The number of nitrogens with one attached hydrogen (secondary N) is 2. The summed E-state index contributed by atoms with van der Waals surface area (Å²) in [6, 6.07) is 13.7. The third kappa shape index (κ3) is 6.07. The van der Waals surface area contributed by atoms with Crippen LogP contribution in [-0.2, 0) is 13.1 Å². The fraction of sp³-hybridized carbons (Fsp3) is 0.318. The van der Waals surface area contributed by atoms with Crippen LogP contribution in [0.1, 0.15) is 31.5 Å². The Hall–Kier alpha value is -3.35. The molecule has 0 fully saturated rings. The molecule has 0 aliphatic carbocycles. The minimum absolute atomic E-state index is 0.469. The number of oxazole rings is 1. The van der Waals surface area contributed by atoms with Crippen LogP contribution in [0.5, 0.6) is 5.88 Å². The quantitative estimate of drug-likeness (QED) is 0.425. The van der Waals surface area contributed by atoms with Crippen molar-refractivity contribution in [2.24, 2.45) is 4.99 Å². The van der Waals surface area contributed by atoms with Gasteiger partial charge in [-0.1, -0.05) is 31.2 Å². The van der Waals surface area contributed by atoms with Crippen LogP contribution >= 0.6 is 0 Å². The number of rotatable bonds is 9. The molecule has 2 N–H and O–H groups in total. The molecule has 7 nitrogen and oxygen atoms in total. The van der Waals surface area contributed by atoms with Crippen molar-refractivity contribution in [2.75, 3.05) is 13.2 Å². The third-order valence-electron chi connectivity index (χ3n) is 4.05. The van der Waals surface area contributed by atoms with Gasteiger partial charge in [-0.2, -0.15) is 0 Å². The zero-order valence-corrected chi connectivity index (χ0v) is 16.9. The Bertz CT molecular complexity index is 908. The van der Waals surface area contributed by atoms with Gasteiger partial charge in [0.2, 0.25) is 11.8 Å². The van der Waals surface area contributed by atoms with Gasteiger partial charge >= 0.3 is 0 Å². The van der Waals surface area contributed by atoms with E-state index in [-0.39, 0.29) is 0 Å². The van der Waals surface area contributed by atoms with Crippen LogP contribution < -0.4 is 15.4 Å². The SMILES string of the molecule is CCCOc1ncccc1CN=C(NCC)NCc1coc(-c2ccccc2)n1. The lowest BCUT2D eigenvalue weighted by atomic mass is 10.2. The minimum Gasteiger partial charge on any atom is -0.477 e. The van der Waals surface area contributed by atoms with Gasteiger partial charge in [0.25, 0.3) is 0 Å². The number of ether oxygens (including phenoxy) is 1. The van der Waals surface area contributed by atoms with Gasteiger partial charge < -0.3 is 19.8 Å². The first-order valence-electron chi connectivity index (χ1n) is 9.88. The Balaban J connectivity index is 1.63. The van der Waals surface area contributed by atoms with Crippen LogP contribution in [0.3, 0.4) is 0 Å². The van der Waals surface area contributed by atoms with Crippen LogP contribution in [0.2, 0.25) is 0 Å². The second kappa shape index (κ2) is 10.8. The summed E-state index contributed by atoms with van der Waals surface area (Å²) in [5, 5.41) is 6.53. The fourth-order valence-corrected chi connectivity index (χ4v) is 2.65. The molecule has 1 aromatic carbocycles. The van der Waals surface area contributed by atoms with E-state index in [9.17, 15) is 0 Å². The summed E-state index contributed by atoms with van der Waals surface area (Å²) in [7, 11) is 0. The molecule has 0 bridgehead atoms. The monoisotopic (exact) mass is 393 g/mol.